The molecule has 0 spiro atoms. The maximum absolute atomic E-state index is 10.7. The van der Waals surface area contributed by atoms with Gasteiger partial charge in [-0.2, -0.15) is 0 Å². The van der Waals surface area contributed by atoms with Crippen LogP contribution in [0.1, 0.15) is 13.8 Å². The van der Waals surface area contributed by atoms with Crippen molar-refractivity contribution < 1.29 is 9.59 Å². The van der Waals surface area contributed by atoms with Gasteiger partial charge in [-0.25, -0.2) is 4.79 Å². The third-order valence-electron chi connectivity index (χ3n) is 1.22. The van der Waals surface area contributed by atoms with Gasteiger partial charge >= 0.3 is 57.4 Å². The number of hydrogen-bond acceptors (Lipinski definition) is 2. The van der Waals surface area contributed by atoms with Gasteiger partial charge in [0, 0.05) is 0 Å². The van der Waals surface area contributed by atoms with E-state index in [1.54, 1.807) is 13.8 Å². The summed E-state index contributed by atoms with van der Waals surface area (Å²) in [4.78, 5) is 21.1. The Morgan fingerprint density at radius 1 is 1.30 bits per heavy atom. The number of amides is 3. The Balaban J connectivity index is 0.000000810. The van der Waals surface area contributed by atoms with E-state index in [4.69, 9.17) is 0 Å². The SMILES string of the molecule is CC1(C)NC(=O)NC1=O.[KH]. The molecule has 1 saturated heterocycles. The average Bonchev–Trinajstić information content (AvgIpc) is 1.79. The van der Waals surface area contributed by atoms with E-state index in [9.17, 15) is 9.59 Å². The Hall–Kier alpha value is 0.576. The molecule has 0 atom stereocenters. The summed E-state index contributed by atoms with van der Waals surface area (Å²) < 4.78 is 0. The quantitative estimate of drug-likeness (QED) is 0.358. The van der Waals surface area contributed by atoms with Gasteiger partial charge < -0.3 is 5.32 Å². The normalized spacial score (nSPS) is 21.0. The van der Waals surface area contributed by atoms with Crippen molar-refractivity contribution in [2.75, 3.05) is 0 Å². The van der Waals surface area contributed by atoms with Gasteiger partial charge in [0.25, 0.3) is 5.91 Å². The van der Waals surface area contributed by atoms with Gasteiger partial charge in [0.1, 0.15) is 5.54 Å². The molecule has 2 N–H and O–H groups in total. The van der Waals surface area contributed by atoms with Crippen LogP contribution in [0.25, 0.3) is 0 Å². The van der Waals surface area contributed by atoms with Crippen molar-refractivity contribution in [3.8, 4) is 0 Å². The molecule has 0 bridgehead atoms. The van der Waals surface area contributed by atoms with E-state index in [-0.39, 0.29) is 57.3 Å². The van der Waals surface area contributed by atoms with E-state index in [1.807, 2.05) is 0 Å². The second-order valence-electron chi connectivity index (χ2n) is 2.53. The number of urea groups is 1. The third kappa shape index (κ3) is 2.03. The van der Waals surface area contributed by atoms with Crippen molar-refractivity contribution in [1.29, 1.82) is 0 Å². The van der Waals surface area contributed by atoms with Gasteiger partial charge in [-0.3, -0.25) is 10.1 Å². The van der Waals surface area contributed by atoms with Crippen LogP contribution in [-0.2, 0) is 4.79 Å². The molecule has 0 aromatic carbocycles. The molecule has 3 amide bonds. The third-order valence-corrected chi connectivity index (χ3v) is 1.22. The topological polar surface area (TPSA) is 58.2 Å². The zero-order valence-corrected chi connectivity index (χ0v) is 5.32. The van der Waals surface area contributed by atoms with Gasteiger partial charge in [-0.15, -0.1) is 0 Å². The number of carbonyl (C=O) groups is 2. The molecule has 52 valence electrons. The first-order valence-electron chi connectivity index (χ1n) is 2.66. The van der Waals surface area contributed by atoms with Gasteiger partial charge in [-0.1, -0.05) is 0 Å². The molecule has 4 nitrogen and oxygen atoms in total. The van der Waals surface area contributed by atoms with E-state index in [1.165, 1.54) is 0 Å². The summed E-state index contributed by atoms with van der Waals surface area (Å²) >= 11 is 0. The molecule has 5 heteroatoms. The molecule has 0 saturated carbocycles. The first-order chi connectivity index (χ1) is 4.02. The Kier molecular flexibility index (Phi) is 3.51. The molecular weight excluding hydrogens is 159 g/mol. The van der Waals surface area contributed by atoms with Crippen LogP contribution in [0, 0.1) is 0 Å². The van der Waals surface area contributed by atoms with Crippen LogP contribution < -0.4 is 10.6 Å². The summed E-state index contributed by atoms with van der Waals surface area (Å²) in [5.74, 6) is -0.271. The van der Waals surface area contributed by atoms with Crippen molar-refractivity contribution in [1.82, 2.24) is 10.6 Å². The molecule has 1 heterocycles. The van der Waals surface area contributed by atoms with E-state index >= 15 is 0 Å². The standard InChI is InChI=1S/C5H8N2O2.K.H/c1-5(2)3(8)6-4(9)7-5;;/h1-2H3,(H2,6,7,8,9);;. The van der Waals surface area contributed by atoms with E-state index < -0.39 is 11.6 Å². The van der Waals surface area contributed by atoms with Crippen molar-refractivity contribution in [2.24, 2.45) is 0 Å². The summed E-state index contributed by atoms with van der Waals surface area (Å²) in [6.45, 7) is 3.29. The molecular formula is C5H9KN2O2. The summed E-state index contributed by atoms with van der Waals surface area (Å²) in [5.41, 5.74) is -0.725. The fourth-order valence-corrected chi connectivity index (χ4v) is 0.631. The molecule has 0 aromatic heterocycles. The Morgan fingerprint density at radius 3 is 1.90 bits per heavy atom. The Bertz CT molecular complexity index is 178. The van der Waals surface area contributed by atoms with Crippen molar-refractivity contribution in [3.63, 3.8) is 0 Å². The van der Waals surface area contributed by atoms with E-state index in [0.717, 1.165) is 0 Å². The van der Waals surface area contributed by atoms with Crippen molar-refractivity contribution in [3.05, 3.63) is 0 Å². The monoisotopic (exact) mass is 168 g/mol. The van der Waals surface area contributed by atoms with Crippen LogP contribution in [-0.4, -0.2) is 68.9 Å². The van der Waals surface area contributed by atoms with Crippen molar-refractivity contribution >= 4 is 63.3 Å². The van der Waals surface area contributed by atoms with Crippen LogP contribution in [0.2, 0.25) is 0 Å². The van der Waals surface area contributed by atoms with E-state index in [2.05, 4.69) is 10.6 Å². The Labute approximate surface area is 102 Å². The molecule has 1 fully saturated rings. The first-order valence-corrected chi connectivity index (χ1v) is 2.66. The van der Waals surface area contributed by atoms with Crippen LogP contribution in [0.3, 0.4) is 0 Å². The number of rotatable bonds is 0. The van der Waals surface area contributed by atoms with Crippen LogP contribution in [0.4, 0.5) is 4.79 Å². The summed E-state index contributed by atoms with van der Waals surface area (Å²) in [7, 11) is 0. The number of nitrogens with one attached hydrogen (secondary N) is 2. The van der Waals surface area contributed by atoms with Crippen molar-refractivity contribution in [2.45, 2.75) is 19.4 Å². The predicted octanol–water partition coefficient (Wildman–Crippen LogP) is -1.04. The summed E-state index contributed by atoms with van der Waals surface area (Å²) in [5, 5.41) is 4.56. The first kappa shape index (κ1) is 10.6. The maximum atomic E-state index is 10.7. The minimum atomic E-state index is -0.725. The zero-order chi connectivity index (χ0) is 7.07. The summed E-state index contributed by atoms with van der Waals surface area (Å²) in [6, 6.07) is -0.412. The molecule has 1 rings (SSSR count). The second-order valence-corrected chi connectivity index (χ2v) is 2.53. The van der Waals surface area contributed by atoms with Gasteiger partial charge in [0.05, 0.1) is 0 Å². The number of imide groups is 1. The van der Waals surface area contributed by atoms with E-state index in [0.29, 0.717) is 0 Å². The molecule has 0 radical (unpaired) electrons. The second kappa shape index (κ2) is 3.32. The average molecular weight is 168 g/mol. The number of carbonyl (C=O) groups excluding carboxylic acids is 2. The molecule has 0 unspecified atom stereocenters. The van der Waals surface area contributed by atoms with Crippen LogP contribution in [0.5, 0.6) is 0 Å². The fraction of sp³-hybridized carbons (Fsp3) is 0.600. The van der Waals surface area contributed by atoms with Gasteiger partial charge in [-0.05, 0) is 13.8 Å². The van der Waals surface area contributed by atoms with Crippen LogP contribution in [0.15, 0.2) is 0 Å². The minimum absolute atomic E-state index is 0. The predicted molar refractivity (Wildman–Crippen MR) is 37.9 cm³/mol. The van der Waals surface area contributed by atoms with Gasteiger partial charge in [0.15, 0.2) is 0 Å². The molecule has 0 aromatic rings. The molecule has 0 aliphatic carbocycles. The Morgan fingerprint density at radius 2 is 1.80 bits per heavy atom. The number of hydrogen-bond donors (Lipinski definition) is 2. The zero-order valence-electron chi connectivity index (χ0n) is 5.32. The molecule has 1 aliphatic heterocycles. The van der Waals surface area contributed by atoms with Gasteiger partial charge in [0.2, 0.25) is 0 Å². The fourth-order valence-electron chi connectivity index (χ4n) is 0.631. The molecule has 10 heavy (non-hydrogen) atoms. The van der Waals surface area contributed by atoms with Crippen LogP contribution >= 0.6 is 0 Å². The summed E-state index contributed by atoms with van der Waals surface area (Å²) in [6.07, 6.45) is 0. The molecule has 1 aliphatic rings.